The maximum atomic E-state index is 11.5. The lowest BCUT2D eigenvalue weighted by molar-refractivity contribution is -0.137. The van der Waals surface area contributed by atoms with Crippen molar-refractivity contribution in [2.45, 2.75) is 19.3 Å². The van der Waals surface area contributed by atoms with E-state index >= 15 is 0 Å². The van der Waals surface area contributed by atoms with Gasteiger partial charge in [0.1, 0.15) is 5.92 Å². The first kappa shape index (κ1) is 12.0. The maximum Gasteiger partial charge on any atom is 0.318 e. The van der Waals surface area contributed by atoms with Crippen LogP contribution in [0.25, 0.3) is 10.9 Å². The van der Waals surface area contributed by atoms with Gasteiger partial charge in [-0.15, -0.1) is 0 Å². The van der Waals surface area contributed by atoms with Crippen LogP contribution in [0.4, 0.5) is 0 Å². The second-order valence-electron chi connectivity index (χ2n) is 5.01. The SMILES string of the molecule is Cc1cccc2c1c1c(n2C)C(C(=O)O)C=NCC1. The van der Waals surface area contributed by atoms with E-state index in [1.165, 1.54) is 10.9 Å². The summed E-state index contributed by atoms with van der Waals surface area (Å²) in [6.07, 6.45) is 2.38. The molecule has 2 aromatic rings. The number of nitrogens with zero attached hydrogens (tertiary/aromatic N) is 2. The highest BCUT2D eigenvalue weighted by atomic mass is 16.4. The summed E-state index contributed by atoms with van der Waals surface area (Å²) in [6.45, 7) is 2.73. The summed E-state index contributed by atoms with van der Waals surface area (Å²) in [5, 5.41) is 10.6. The van der Waals surface area contributed by atoms with Crippen LogP contribution in [-0.4, -0.2) is 28.4 Å². The molecule has 3 rings (SSSR count). The molecule has 0 saturated carbocycles. The van der Waals surface area contributed by atoms with E-state index in [2.05, 4.69) is 18.0 Å². The molecule has 1 aliphatic rings. The summed E-state index contributed by atoms with van der Waals surface area (Å²) in [6, 6.07) is 6.14. The van der Waals surface area contributed by atoms with Gasteiger partial charge in [0.25, 0.3) is 0 Å². The van der Waals surface area contributed by atoms with Crippen molar-refractivity contribution in [3.63, 3.8) is 0 Å². The molecule has 0 amide bonds. The van der Waals surface area contributed by atoms with E-state index < -0.39 is 11.9 Å². The van der Waals surface area contributed by atoms with Gasteiger partial charge in [0.2, 0.25) is 0 Å². The number of benzene rings is 1. The van der Waals surface area contributed by atoms with Crippen LogP contribution in [0.5, 0.6) is 0 Å². The van der Waals surface area contributed by atoms with E-state index in [-0.39, 0.29) is 0 Å². The Bertz CT molecular complexity index is 698. The third-order valence-electron chi connectivity index (χ3n) is 3.89. The third-order valence-corrected chi connectivity index (χ3v) is 3.89. The minimum absolute atomic E-state index is 0.644. The third kappa shape index (κ3) is 1.67. The van der Waals surface area contributed by atoms with Crippen LogP contribution >= 0.6 is 0 Å². The molecular weight excluding hydrogens is 240 g/mol. The fourth-order valence-electron chi connectivity index (χ4n) is 3.04. The molecule has 1 aromatic heterocycles. The fourth-order valence-corrected chi connectivity index (χ4v) is 3.04. The first-order chi connectivity index (χ1) is 9.11. The topological polar surface area (TPSA) is 54.6 Å². The molecule has 0 spiro atoms. The van der Waals surface area contributed by atoms with E-state index in [1.807, 2.05) is 23.7 Å². The van der Waals surface area contributed by atoms with Gasteiger partial charge >= 0.3 is 5.97 Å². The molecule has 0 saturated heterocycles. The Kier molecular flexibility index (Phi) is 2.66. The maximum absolute atomic E-state index is 11.5. The van der Waals surface area contributed by atoms with Crippen molar-refractivity contribution in [1.29, 1.82) is 0 Å². The number of aromatic nitrogens is 1. The average Bonchev–Trinajstić information content (AvgIpc) is 2.55. The minimum atomic E-state index is -0.838. The fraction of sp³-hybridized carbons (Fsp3) is 0.333. The van der Waals surface area contributed by atoms with Gasteiger partial charge in [-0.2, -0.15) is 0 Å². The van der Waals surface area contributed by atoms with E-state index in [9.17, 15) is 9.90 Å². The molecule has 1 atom stereocenters. The summed E-state index contributed by atoms with van der Waals surface area (Å²) in [7, 11) is 1.94. The molecule has 1 N–H and O–H groups in total. The summed E-state index contributed by atoms with van der Waals surface area (Å²) >= 11 is 0. The van der Waals surface area contributed by atoms with E-state index in [0.717, 1.165) is 23.2 Å². The van der Waals surface area contributed by atoms with Crippen LogP contribution in [-0.2, 0) is 18.3 Å². The molecule has 0 fully saturated rings. The van der Waals surface area contributed by atoms with Gasteiger partial charge in [0.05, 0.1) is 0 Å². The predicted octanol–water partition coefficient (Wildman–Crippen LogP) is 2.28. The summed E-state index contributed by atoms with van der Waals surface area (Å²) in [5.74, 6) is -1.48. The molecule has 0 bridgehead atoms. The van der Waals surface area contributed by atoms with E-state index in [1.54, 1.807) is 6.21 Å². The van der Waals surface area contributed by atoms with Crippen LogP contribution in [0.15, 0.2) is 23.2 Å². The zero-order valence-electron chi connectivity index (χ0n) is 11.1. The number of carbonyl (C=O) groups is 1. The molecule has 4 heteroatoms. The van der Waals surface area contributed by atoms with Crippen molar-refractivity contribution in [2.24, 2.45) is 12.0 Å². The molecule has 19 heavy (non-hydrogen) atoms. The molecule has 4 nitrogen and oxygen atoms in total. The van der Waals surface area contributed by atoms with Crippen LogP contribution in [0.3, 0.4) is 0 Å². The van der Waals surface area contributed by atoms with Crippen molar-refractivity contribution in [3.8, 4) is 0 Å². The largest absolute Gasteiger partial charge is 0.480 e. The lowest BCUT2D eigenvalue weighted by Gasteiger charge is -2.10. The van der Waals surface area contributed by atoms with Crippen LogP contribution in [0.1, 0.15) is 22.7 Å². The van der Waals surface area contributed by atoms with Crippen molar-refractivity contribution in [2.75, 3.05) is 6.54 Å². The van der Waals surface area contributed by atoms with Gasteiger partial charge in [0, 0.05) is 36.4 Å². The number of aliphatic carboxylic acids is 1. The van der Waals surface area contributed by atoms with Gasteiger partial charge in [-0.3, -0.25) is 9.79 Å². The Balaban J connectivity index is 2.40. The van der Waals surface area contributed by atoms with Gasteiger partial charge in [0.15, 0.2) is 0 Å². The molecule has 1 aliphatic heterocycles. The van der Waals surface area contributed by atoms with Gasteiger partial charge in [-0.1, -0.05) is 12.1 Å². The van der Waals surface area contributed by atoms with Gasteiger partial charge < -0.3 is 9.67 Å². The lowest BCUT2D eigenvalue weighted by Crippen LogP contribution is -2.16. The highest BCUT2D eigenvalue weighted by Crippen LogP contribution is 2.33. The highest BCUT2D eigenvalue weighted by molar-refractivity contribution is 5.99. The van der Waals surface area contributed by atoms with Crippen molar-refractivity contribution in [3.05, 3.63) is 35.0 Å². The van der Waals surface area contributed by atoms with Gasteiger partial charge in [-0.05, 0) is 30.5 Å². The normalized spacial score (nSPS) is 18.3. The molecule has 1 aromatic carbocycles. The van der Waals surface area contributed by atoms with Crippen molar-refractivity contribution < 1.29 is 9.90 Å². The zero-order valence-corrected chi connectivity index (χ0v) is 11.1. The van der Waals surface area contributed by atoms with Gasteiger partial charge in [-0.25, -0.2) is 0 Å². The van der Waals surface area contributed by atoms with Crippen molar-refractivity contribution >= 4 is 23.1 Å². The summed E-state index contributed by atoms with van der Waals surface area (Å²) in [5.41, 5.74) is 4.31. The number of hydrogen-bond donors (Lipinski definition) is 1. The zero-order chi connectivity index (χ0) is 13.6. The molecule has 1 unspecified atom stereocenters. The summed E-state index contributed by atoms with van der Waals surface area (Å²) < 4.78 is 2.01. The Hall–Kier alpha value is -2.10. The monoisotopic (exact) mass is 256 g/mol. The van der Waals surface area contributed by atoms with E-state index in [0.29, 0.717) is 6.54 Å². The van der Waals surface area contributed by atoms with Crippen molar-refractivity contribution in [1.82, 2.24) is 4.57 Å². The number of hydrogen-bond acceptors (Lipinski definition) is 2. The predicted molar refractivity (Wildman–Crippen MR) is 75.1 cm³/mol. The second-order valence-corrected chi connectivity index (χ2v) is 5.01. The lowest BCUT2D eigenvalue weighted by atomic mass is 9.98. The molecule has 2 heterocycles. The molecule has 98 valence electrons. The first-order valence-electron chi connectivity index (χ1n) is 6.40. The number of carboxylic acids is 1. The number of aliphatic imine (C=N–C) groups is 1. The Morgan fingerprint density at radius 2 is 2.26 bits per heavy atom. The second kappa shape index (κ2) is 4.23. The standard InChI is InChI=1S/C15H16N2O2/c1-9-4-3-5-12-13(9)10-6-7-16-8-11(15(18)19)14(10)17(12)2/h3-5,8,11H,6-7H2,1-2H3,(H,18,19). The molecule has 0 aliphatic carbocycles. The average molecular weight is 256 g/mol. The minimum Gasteiger partial charge on any atom is -0.480 e. The van der Waals surface area contributed by atoms with Crippen LogP contribution in [0, 0.1) is 6.92 Å². The van der Waals surface area contributed by atoms with E-state index in [4.69, 9.17) is 0 Å². The number of fused-ring (bicyclic) bond motifs is 3. The Morgan fingerprint density at radius 3 is 3.00 bits per heavy atom. The summed E-state index contributed by atoms with van der Waals surface area (Å²) in [4.78, 5) is 15.7. The number of carboxylic acid groups (broad SMARTS) is 1. The number of aryl methyl sites for hydroxylation is 2. The van der Waals surface area contributed by atoms with Crippen LogP contribution in [0.2, 0.25) is 0 Å². The number of rotatable bonds is 1. The first-order valence-corrected chi connectivity index (χ1v) is 6.40. The highest BCUT2D eigenvalue weighted by Gasteiger charge is 2.28. The Morgan fingerprint density at radius 1 is 1.47 bits per heavy atom. The van der Waals surface area contributed by atoms with Crippen LogP contribution < -0.4 is 0 Å². The quantitative estimate of drug-likeness (QED) is 0.851. The smallest absolute Gasteiger partial charge is 0.318 e. The Labute approximate surface area is 111 Å². The molecular formula is C15H16N2O2. The molecule has 0 radical (unpaired) electrons.